The summed E-state index contributed by atoms with van der Waals surface area (Å²) in [5.74, 6) is 0.833. The van der Waals surface area contributed by atoms with E-state index in [-0.39, 0.29) is 0 Å². The molecule has 0 N–H and O–H groups in total. The van der Waals surface area contributed by atoms with Crippen molar-refractivity contribution < 1.29 is 14.2 Å². The highest BCUT2D eigenvalue weighted by Gasteiger charge is 2.43. The SMILES string of the molecule is COCCN1CCO[C@H]2CC[C@H]1[C@@H]2OCC1CC1. The Labute approximate surface area is 110 Å². The topological polar surface area (TPSA) is 30.9 Å². The molecule has 2 bridgehead atoms. The molecule has 104 valence electrons. The lowest BCUT2D eigenvalue weighted by Crippen LogP contribution is -2.44. The lowest BCUT2D eigenvalue weighted by atomic mass is 10.1. The predicted molar refractivity (Wildman–Crippen MR) is 68.7 cm³/mol. The average Bonchev–Trinajstić information content (AvgIpc) is 3.11. The lowest BCUT2D eigenvalue weighted by molar-refractivity contribution is -0.0574. The van der Waals surface area contributed by atoms with Gasteiger partial charge in [0.2, 0.25) is 0 Å². The van der Waals surface area contributed by atoms with Gasteiger partial charge in [-0.2, -0.15) is 0 Å². The summed E-state index contributed by atoms with van der Waals surface area (Å²) in [7, 11) is 1.77. The number of fused-ring (bicyclic) bond motifs is 2. The fourth-order valence-electron chi connectivity index (χ4n) is 3.20. The highest BCUT2D eigenvalue weighted by Crippen LogP contribution is 2.35. The average molecular weight is 255 g/mol. The quantitative estimate of drug-likeness (QED) is 0.715. The Hall–Kier alpha value is -0.160. The molecule has 4 heteroatoms. The minimum atomic E-state index is 0.296. The van der Waals surface area contributed by atoms with Gasteiger partial charge in [-0.15, -0.1) is 0 Å². The van der Waals surface area contributed by atoms with Gasteiger partial charge < -0.3 is 14.2 Å². The second-order valence-electron chi connectivity index (χ2n) is 5.82. The van der Waals surface area contributed by atoms with Crippen molar-refractivity contribution in [1.29, 1.82) is 0 Å². The summed E-state index contributed by atoms with van der Waals surface area (Å²) in [4.78, 5) is 2.51. The molecular formula is C14H25NO3. The van der Waals surface area contributed by atoms with E-state index < -0.39 is 0 Å². The summed E-state index contributed by atoms with van der Waals surface area (Å²) in [5, 5.41) is 0. The van der Waals surface area contributed by atoms with E-state index >= 15 is 0 Å². The van der Waals surface area contributed by atoms with Gasteiger partial charge in [0.1, 0.15) is 0 Å². The second kappa shape index (κ2) is 5.87. The summed E-state index contributed by atoms with van der Waals surface area (Å²) in [5.41, 5.74) is 0. The Bertz CT molecular complexity index is 270. The van der Waals surface area contributed by atoms with Crippen molar-refractivity contribution in [2.75, 3.05) is 40.0 Å². The van der Waals surface area contributed by atoms with Crippen LogP contribution in [0.1, 0.15) is 25.7 Å². The van der Waals surface area contributed by atoms with E-state index in [2.05, 4.69) is 4.90 Å². The zero-order chi connectivity index (χ0) is 12.4. The minimum Gasteiger partial charge on any atom is -0.383 e. The van der Waals surface area contributed by atoms with Crippen LogP contribution in [0.3, 0.4) is 0 Å². The van der Waals surface area contributed by atoms with Crippen LogP contribution in [0, 0.1) is 5.92 Å². The van der Waals surface area contributed by atoms with Gasteiger partial charge in [-0.25, -0.2) is 0 Å². The molecule has 3 aliphatic rings. The highest BCUT2D eigenvalue weighted by atomic mass is 16.5. The lowest BCUT2D eigenvalue weighted by Gasteiger charge is -2.30. The van der Waals surface area contributed by atoms with E-state index in [9.17, 15) is 0 Å². The first kappa shape index (κ1) is 12.9. The summed E-state index contributed by atoms with van der Waals surface area (Å²) < 4.78 is 17.4. The normalized spacial score (nSPS) is 36.8. The number of hydrogen-bond donors (Lipinski definition) is 0. The zero-order valence-corrected chi connectivity index (χ0v) is 11.3. The van der Waals surface area contributed by atoms with Crippen LogP contribution in [0.15, 0.2) is 0 Å². The molecule has 2 aliphatic carbocycles. The van der Waals surface area contributed by atoms with Crippen molar-refractivity contribution in [2.24, 2.45) is 5.92 Å². The summed E-state index contributed by atoms with van der Waals surface area (Å²) in [6, 6.07) is 0.548. The van der Waals surface area contributed by atoms with Crippen LogP contribution in [-0.2, 0) is 14.2 Å². The first-order chi connectivity index (χ1) is 8.88. The predicted octanol–water partition coefficient (Wildman–Crippen LogP) is 1.29. The maximum Gasteiger partial charge on any atom is 0.0991 e. The fraction of sp³-hybridized carbons (Fsp3) is 1.00. The van der Waals surface area contributed by atoms with Crippen LogP contribution in [0.4, 0.5) is 0 Å². The van der Waals surface area contributed by atoms with Gasteiger partial charge in [0, 0.05) is 32.8 Å². The van der Waals surface area contributed by atoms with Crippen LogP contribution >= 0.6 is 0 Å². The molecule has 4 nitrogen and oxygen atoms in total. The third kappa shape index (κ3) is 2.87. The van der Waals surface area contributed by atoms with E-state index in [0.717, 1.165) is 45.2 Å². The third-order valence-electron chi connectivity index (χ3n) is 4.48. The van der Waals surface area contributed by atoms with Crippen molar-refractivity contribution in [3.63, 3.8) is 0 Å². The largest absolute Gasteiger partial charge is 0.383 e. The maximum absolute atomic E-state index is 6.18. The Morgan fingerprint density at radius 3 is 2.89 bits per heavy atom. The van der Waals surface area contributed by atoms with Crippen LogP contribution < -0.4 is 0 Å². The number of nitrogens with zero attached hydrogens (tertiary/aromatic N) is 1. The monoisotopic (exact) mass is 255 g/mol. The summed E-state index contributed by atoms with van der Waals surface area (Å²) >= 11 is 0. The smallest absolute Gasteiger partial charge is 0.0991 e. The molecule has 3 rings (SSSR count). The standard InChI is InChI=1S/C14H25NO3/c1-16-8-6-15-7-9-17-13-5-4-12(15)14(13)18-10-11-2-3-11/h11-14H,2-10H2,1H3/t12-,13-,14-/m0/s1. The first-order valence-electron chi connectivity index (χ1n) is 7.34. The Kier molecular flexibility index (Phi) is 4.19. The molecule has 1 saturated heterocycles. The van der Waals surface area contributed by atoms with Crippen molar-refractivity contribution in [1.82, 2.24) is 4.90 Å². The Balaban J connectivity index is 1.59. The van der Waals surface area contributed by atoms with Crippen molar-refractivity contribution in [2.45, 2.75) is 43.9 Å². The summed E-state index contributed by atoms with van der Waals surface area (Å²) in [6.45, 7) is 4.61. The molecular weight excluding hydrogens is 230 g/mol. The molecule has 0 aromatic heterocycles. The number of methoxy groups -OCH3 is 1. The third-order valence-corrected chi connectivity index (χ3v) is 4.48. The molecule has 0 aromatic rings. The van der Waals surface area contributed by atoms with E-state index in [0.29, 0.717) is 18.2 Å². The van der Waals surface area contributed by atoms with Crippen molar-refractivity contribution in [3.05, 3.63) is 0 Å². The van der Waals surface area contributed by atoms with Crippen LogP contribution in [0.5, 0.6) is 0 Å². The van der Waals surface area contributed by atoms with E-state index in [1.807, 2.05) is 0 Å². The number of rotatable bonds is 6. The van der Waals surface area contributed by atoms with Crippen LogP contribution in [-0.4, -0.2) is 63.2 Å². The van der Waals surface area contributed by atoms with E-state index in [1.54, 1.807) is 7.11 Å². The molecule has 2 saturated carbocycles. The highest BCUT2D eigenvalue weighted by molar-refractivity contribution is 4.95. The maximum atomic E-state index is 6.18. The Morgan fingerprint density at radius 1 is 1.22 bits per heavy atom. The molecule has 0 spiro atoms. The molecule has 0 radical (unpaired) electrons. The Morgan fingerprint density at radius 2 is 2.11 bits per heavy atom. The second-order valence-corrected chi connectivity index (χ2v) is 5.82. The molecule has 0 unspecified atom stereocenters. The van der Waals surface area contributed by atoms with E-state index in [1.165, 1.54) is 19.3 Å². The molecule has 18 heavy (non-hydrogen) atoms. The van der Waals surface area contributed by atoms with Crippen molar-refractivity contribution in [3.8, 4) is 0 Å². The number of ether oxygens (including phenoxy) is 3. The van der Waals surface area contributed by atoms with Gasteiger partial charge in [-0.3, -0.25) is 4.90 Å². The van der Waals surface area contributed by atoms with Gasteiger partial charge in [0.25, 0.3) is 0 Å². The zero-order valence-electron chi connectivity index (χ0n) is 11.3. The van der Waals surface area contributed by atoms with Crippen LogP contribution in [0.2, 0.25) is 0 Å². The molecule has 0 aromatic carbocycles. The molecule has 1 aliphatic heterocycles. The molecule has 3 atom stereocenters. The fourth-order valence-corrected chi connectivity index (χ4v) is 3.20. The van der Waals surface area contributed by atoms with Crippen LogP contribution in [0.25, 0.3) is 0 Å². The molecule has 1 heterocycles. The molecule has 0 amide bonds. The molecule has 3 fully saturated rings. The van der Waals surface area contributed by atoms with Gasteiger partial charge in [-0.05, 0) is 31.6 Å². The van der Waals surface area contributed by atoms with E-state index in [4.69, 9.17) is 14.2 Å². The number of hydrogen-bond acceptors (Lipinski definition) is 4. The van der Waals surface area contributed by atoms with Gasteiger partial charge in [-0.1, -0.05) is 0 Å². The van der Waals surface area contributed by atoms with Crippen molar-refractivity contribution >= 4 is 0 Å². The van der Waals surface area contributed by atoms with Gasteiger partial charge in [0.15, 0.2) is 0 Å². The first-order valence-corrected chi connectivity index (χ1v) is 7.34. The minimum absolute atomic E-state index is 0.296. The van der Waals surface area contributed by atoms with Gasteiger partial charge >= 0.3 is 0 Å². The summed E-state index contributed by atoms with van der Waals surface area (Å²) in [6.07, 6.45) is 5.71. The van der Waals surface area contributed by atoms with Gasteiger partial charge in [0.05, 0.1) is 25.4 Å².